The van der Waals surface area contributed by atoms with Crippen LogP contribution >= 0.6 is 46.4 Å². The van der Waals surface area contributed by atoms with Crippen molar-refractivity contribution in [1.82, 2.24) is 0 Å². The molecule has 0 amide bonds. The van der Waals surface area contributed by atoms with Crippen LogP contribution in [0.2, 0.25) is 15.1 Å². The van der Waals surface area contributed by atoms with Crippen molar-refractivity contribution in [1.29, 1.82) is 0 Å². The first-order valence-corrected chi connectivity index (χ1v) is 5.19. The average molecular weight is 256 g/mol. The molecule has 0 aromatic heterocycles. The third-order valence-electron chi connectivity index (χ3n) is 1.43. The molecule has 70 valence electrons. The Kier molecular flexibility index (Phi) is 4.40. The fourth-order valence-corrected chi connectivity index (χ4v) is 1.54. The van der Waals surface area contributed by atoms with E-state index < -0.39 is 0 Å². The van der Waals surface area contributed by atoms with Gasteiger partial charge in [0, 0.05) is 10.9 Å². The minimum absolute atomic E-state index is 0.441. The van der Waals surface area contributed by atoms with Gasteiger partial charge in [-0.1, -0.05) is 47.0 Å². The van der Waals surface area contributed by atoms with Gasteiger partial charge in [-0.05, 0) is 17.7 Å². The first-order chi connectivity index (χ1) is 6.15. The van der Waals surface area contributed by atoms with E-state index >= 15 is 0 Å². The zero-order chi connectivity index (χ0) is 9.84. The topological polar surface area (TPSA) is 0 Å². The molecule has 1 aromatic carbocycles. The first-order valence-electron chi connectivity index (χ1n) is 3.52. The van der Waals surface area contributed by atoms with Crippen LogP contribution in [0.15, 0.2) is 18.2 Å². The van der Waals surface area contributed by atoms with Crippen LogP contribution in [0.1, 0.15) is 5.56 Å². The summed E-state index contributed by atoms with van der Waals surface area (Å²) in [5.41, 5.74) is 0.816. The highest BCUT2D eigenvalue weighted by atomic mass is 35.5. The predicted octanol–water partition coefficient (Wildman–Crippen LogP) is 4.90. The van der Waals surface area contributed by atoms with Gasteiger partial charge < -0.3 is 0 Å². The van der Waals surface area contributed by atoms with Gasteiger partial charge in [-0.3, -0.25) is 0 Å². The van der Waals surface area contributed by atoms with Crippen LogP contribution in [0.25, 0.3) is 6.08 Å². The van der Waals surface area contributed by atoms with Crippen molar-refractivity contribution >= 4 is 52.5 Å². The van der Waals surface area contributed by atoms with Crippen molar-refractivity contribution in [2.75, 3.05) is 5.88 Å². The maximum Gasteiger partial charge on any atom is 0.0607 e. The van der Waals surface area contributed by atoms with Crippen molar-refractivity contribution in [2.45, 2.75) is 0 Å². The fourth-order valence-electron chi connectivity index (χ4n) is 0.837. The van der Waals surface area contributed by atoms with E-state index in [1.54, 1.807) is 24.3 Å². The Morgan fingerprint density at radius 1 is 1.00 bits per heavy atom. The molecule has 0 radical (unpaired) electrons. The van der Waals surface area contributed by atoms with E-state index in [0.29, 0.717) is 20.9 Å². The molecule has 0 aliphatic carbocycles. The average Bonchev–Trinajstić information content (AvgIpc) is 2.09. The molecule has 0 aliphatic rings. The molecule has 0 spiro atoms. The van der Waals surface area contributed by atoms with E-state index in [0.717, 1.165) is 5.56 Å². The van der Waals surface area contributed by atoms with Gasteiger partial charge in [0.2, 0.25) is 0 Å². The van der Waals surface area contributed by atoms with Crippen LogP contribution < -0.4 is 0 Å². The lowest BCUT2D eigenvalue weighted by Crippen LogP contribution is -1.77. The zero-order valence-electron chi connectivity index (χ0n) is 6.53. The van der Waals surface area contributed by atoms with Crippen LogP contribution in [0.3, 0.4) is 0 Å². The van der Waals surface area contributed by atoms with Crippen LogP contribution in [-0.2, 0) is 0 Å². The molecule has 0 aliphatic heterocycles. The Morgan fingerprint density at radius 2 is 1.62 bits per heavy atom. The number of hydrogen-bond acceptors (Lipinski definition) is 0. The summed E-state index contributed by atoms with van der Waals surface area (Å²) >= 11 is 22.9. The molecule has 0 heterocycles. The minimum atomic E-state index is 0.441. The summed E-state index contributed by atoms with van der Waals surface area (Å²) in [5, 5.41) is 1.51. The molecule has 0 N–H and O–H groups in total. The van der Waals surface area contributed by atoms with Crippen LogP contribution in [0, 0.1) is 0 Å². The molecule has 0 nitrogen and oxygen atoms in total. The largest absolute Gasteiger partial charge is 0.122 e. The predicted molar refractivity (Wildman–Crippen MR) is 61.2 cm³/mol. The summed E-state index contributed by atoms with van der Waals surface area (Å²) in [6.45, 7) is 0. The van der Waals surface area contributed by atoms with Gasteiger partial charge in [-0.25, -0.2) is 0 Å². The smallest absolute Gasteiger partial charge is 0.0607 e. The van der Waals surface area contributed by atoms with Crippen molar-refractivity contribution in [3.05, 3.63) is 38.8 Å². The third-order valence-corrected chi connectivity index (χ3v) is 2.65. The lowest BCUT2D eigenvalue weighted by atomic mass is 10.2. The maximum atomic E-state index is 5.90. The molecular formula is C9H6Cl4. The van der Waals surface area contributed by atoms with Crippen molar-refractivity contribution in [3.8, 4) is 0 Å². The SMILES string of the molecule is ClCC=Cc1cc(Cl)c(Cl)cc1Cl. The minimum Gasteiger partial charge on any atom is -0.122 e. The lowest BCUT2D eigenvalue weighted by molar-refractivity contribution is 1.64. The highest BCUT2D eigenvalue weighted by Gasteiger charge is 2.02. The number of hydrogen-bond donors (Lipinski definition) is 0. The lowest BCUT2D eigenvalue weighted by Gasteiger charge is -2.00. The Bertz CT molecular complexity index is 331. The zero-order valence-corrected chi connectivity index (χ0v) is 9.55. The molecule has 4 heteroatoms. The van der Waals surface area contributed by atoms with Crippen molar-refractivity contribution < 1.29 is 0 Å². The standard InChI is InChI=1S/C9H6Cl4/c10-3-1-2-6-4-8(12)9(13)5-7(6)11/h1-2,4-5H,3H2. The first kappa shape index (κ1) is 11.2. The molecule has 0 saturated carbocycles. The van der Waals surface area contributed by atoms with Gasteiger partial charge >= 0.3 is 0 Å². The van der Waals surface area contributed by atoms with Crippen LogP contribution in [-0.4, -0.2) is 5.88 Å². The molecule has 0 fully saturated rings. The van der Waals surface area contributed by atoms with Crippen LogP contribution in [0.4, 0.5) is 0 Å². The molecule has 0 bridgehead atoms. The van der Waals surface area contributed by atoms with E-state index in [2.05, 4.69) is 0 Å². The third kappa shape index (κ3) is 3.07. The highest BCUT2D eigenvalue weighted by molar-refractivity contribution is 6.43. The van der Waals surface area contributed by atoms with Crippen molar-refractivity contribution in [2.24, 2.45) is 0 Å². The molecule has 1 aromatic rings. The van der Waals surface area contributed by atoms with E-state index in [-0.39, 0.29) is 0 Å². The second-order valence-electron chi connectivity index (χ2n) is 2.34. The van der Waals surface area contributed by atoms with Gasteiger partial charge in [0.1, 0.15) is 0 Å². The number of benzene rings is 1. The number of allylic oxidation sites excluding steroid dienone is 1. The number of rotatable bonds is 2. The maximum absolute atomic E-state index is 5.90. The van der Waals surface area contributed by atoms with E-state index in [1.165, 1.54) is 0 Å². The summed E-state index contributed by atoms with van der Waals surface area (Å²) < 4.78 is 0. The summed E-state index contributed by atoms with van der Waals surface area (Å²) in [5.74, 6) is 0.441. The Hall–Kier alpha value is 0.120. The molecule has 0 unspecified atom stereocenters. The van der Waals surface area contributed by atoms with Crippen LogP contribution in [0.5, 0.6) is 0 Å². The summed E-state index contributed by atoms with van der Waals surface area (Å²) in [7, 11) is 0. The van der Waals surface area contributed by atoms with E-state index in [9.17, 15) is 0 Å². The molecule has 1 rings (SSSR count). The quantitative estimate of drug-likeness (QED) is 0.521. The van der Waals surface area contributed by atoms with Gasteiger partial charge in [-0.15, -0.1) is 11.6 Å². The highest BCUT2D eigenvalue weighted by Crippen LogP contribution is 2.29. The molecule has 0 atom stereocenters. The second kappa shape index (κ2) is 5.11. The monoisotopic (exact) mass is 254 g/mol. The normalized spacial score (nSPS) is 11.1. The van der Waals surface area contributed by atoms with Gasteiger partial charge in [0.15, 0.2) is 0 Å². The Labute approximate surface area is 97.0 Å². The Morgan fingerprint density at radius 3 is 2.23 bits per heavy atom. The number of halogens is 4. The van der Waals surface area contributed by atoms with Gasteiger partial charge in [0.25, 0.3) is 0 Å². The fraction of sp³-hybridized carbons (Fsp3) is 0.111. The van der Waals surface area contributed by atoms with Crippen molar-refractivity contribution in [3.63, 3.8) is 0 Å². The summed E-state index contributed by atoms with van der Waals surface area (Å²) in [4.78, 5) is 0. The second-order valence-corrected chi connectivity index (χ2v) is 3.87. The molecule has 13 heavy (non-hydrogen) atoms. The summed E-state index contributed by atoms with van der Waals surface area (Å²) in [6, 6.07) is 3.31. The van der Waals surface area contributed by atoms with E-state index in [4.69, 9.17) is 46.4 Å². The van der Waals surface area contributed by atoms with Gasteiger partial charge in [-0.2, -0.15) is 0 Å². The number of alkyl halides is 1. The molecule has 0 saturated heterocycles. The summed E-state index contributed by atoms with van der Waals surface area (Å²) in [6.07, 6.45) is 3.59. The molecular weight excluding hydrogens is 250 g/mol. The van der Waals surface area contributed by atoms with Gasteiger partial charge in [0.05, 0.1) is 10.0 Å². The van der Waals surface area contributed by atoms with E-state index in [1.807, 2.05) is 0 Å². The Balaban J connectivity index is 3.08.